The molecule has 0 unspecified atom stereocenters. The molecule has 0 fully saturated rings. The van der Waals surface area contributed by atoms with E-state index in [-0.39, 0.29) is 12.3 Å². The van der Waals surface area contributed by atoms with Gasteiger partial charge in [0.15, 0.2) is 0 Å². The lowest BCUT2D eigenvalue weighted by Gasteiger charge is -2.08. The standard InChI is InChI=1S/C19H20N4O3/c1-13-5-6-14(10-16(13)25-2)11-21-17(24)7-8-18-22-19(23-26-18)15-4-3-9-20-12-15/h3-6,9-10,12H,7-8,11H2,1-2H3,(H,21,24). The normalized spacial score (nSPS) is 10.5. The molecule has 0 saturated carbocycles. The van der Waals surface area contributed by atoms with Crippen molar-refractivity contribution < 1.29 is 14.1 Å². The Bertz CT molecular complexity index is 878. The number of hydrogen-bond donors (Lipinski definition) is 1. The third-order valence-corrected chi connectivity index (χ3v) is 3.92. The molecule has 0 aliphatic carbocycles. The smallest absolute Gasteiger partial charge is 0.227 e. The number of nitrogens with one attached hydrogen (secondary N) is 1. The van der Waals surface area contributed by atoms with Crippen LogP contribution in [-0.4, -0.2) is 28.1 Å². The minimum absolute atomic E-state index is 0.0781. The van der Waals surface area contributed by atoms with Crippen molar-refractivity contribution >= 4 is 5.91 Å². The minimum Gasteiger partial charge on any atom is -0.496 e. The van der Waals surface area contributed by atoms with Crippen molar-refractivity contribution in [2.24, 2.45) is 0 Å². The van der Waals surface area contributed by atoms with Crippen LogP contribution in [0.15, 0.2) is 47.2 Å². The van der Waals surface area contributed by atoms with Gasteiger partial charge in [-0.2, -0.15) is 4.98 Å². The number of rotatable bonds is 7. The largest absolute Gasteiger partial charge is 0.496 e. The SMILES string of the molecule is COc1cc(CNC(=O)CCc2nc(-c3cccnc3)no2)ccc1C. The van der Waals surface area contributed by atoms with E-state index in [4.69, 9.17) is 9.26 Å². The van der Waals surface area contributed by atoms with Gasteiger partial charge in [-0.3, -0.25) is 9.78 Å². The van der Waals surface area contributed by atoms with Gasteiger partial charge in [0.1, 0.15) is 5.75 Å². The molecule has 134 valence electrons. The van der Waals surface area contributed by atoms with Gasteiger partial charge >= 0.3 is 0 Å². The van der Waals surface area contributed by atoms with E-state index < -0.39 is 0 Å². The van der Waals surface area contributed by atoms with Crippen LogP contribution in [0, 0.1) is 6.92 Å². The van der Waals surface area contributed by atoms with Crippen LogP contribution in [0.5, 0.6) is 5.75 Å². The summed E-state index contributed by atoms with van der Waals surface area (Å²) in [5.74, 6) is 1.63. The summed E-state index contributed by atoms with van der Waals surface area (Å²) in [5, 5.41) is 6.80. The summed E-state index contributed by atoms with van der Waals surface area (Å²) in [4.78, 5) is 20.4. The first-order chi connectivity index (χ1) is 12.7. The lowest BCUT2D eigenvalue weighted by atomic mass is 10.1. The van der Waals surface area contributed by atoms with Crippen LogP contribution < -0.4 is 10.1 Å². The topological polar surface area (TPSA) is 90.1 Å². The number of carbonyl (C=O) groups is 1. The molecule has 26 heavy (non-hydrogen) atoms. The quantitative estimate of drug-likeness (QED) is 0.703. The van der Waals surface area contributed by atoms with Gasteiger partial charge in [-0.05, 0) is 36.2 Å². The van der Waals surface area contributed by atoms with Crippen LogP contribution in [0.4, 0.5) is 0 Å². The van der Waals surface area contributed by atoms with Crippen molar-refractivity contribution in [3.05, 3.63) is 59.7 Å². The summed E-state index contributed by atoms with van der Waals surface area (Å²) < 4.78 is 10.5. The third kappa shape index (κ3) is 4.44. The summed E-state index contributed by atoms with van der Waals surface area (Å²) in [7, 11) is 1.63. The first-order valence-corrected chi connectivity index (χ1v) is 8.29. The van der Waals surface area contributed by atoms with Crippen LogP contribution in [0.1, 0.15) is 23.4 Å². The summed E-state index contributed by atoms with van der Waals surface area (Å²) in [5.41, 5.74) is 2.82. The average molecular weight is 352 g/mol. The Morgan fingerprint density at radius 2 is 2.19 bits per heavy atom. The molecule has 1 amide bonds. The number of nitrogens with zero attached hydrogens (tertiary/aromatic N) is 3. The van der Waals surface area contributed by atoms with Gasteiger partial charge in [0, 0.05) is 37.3 Å². The molecule has 0 aliphatic rings. The van der Waals surface area contributed by atoms with Gasteiger partial charge in [0.05, 0.1) is 7.11 Å². The Labute approximate surface area is 151 Å². The van der Waals surface area contributed by atoms with Gasteiger partial charge in [-0.15, -0.1) is 0 Å². The molecular formula is C19H20N4O3. The van der Waals surface area contributed by atoms with Crippen molar-refractivity contribution in [1.82, 2.24) is 20.4 Å². The van der Waals surface area contributed by atoms with Crippen LogP contribution in [0.2, 0.25) is 0 Å². The zero-order valence-electron chi connectivity index (χ0n) is 14.7. The van der Waals surface area contributed by atoms with Gasteiger partial charge < -0.3 is 14.6 Å². The molecule has 2 heterocycles. The summed E-state index contributed by atoms with van der Waals surface area (Å²) in [6.07, 6.45) is 4.00. The molecule has 0 atom stereocenters. The van der Waals surface area contributed by atoms with Gasteiger partial charge in [0.2, 0.25) is 17.6 Å². The highest BCUT2D eigenvalue weighted by Gasteiger charge is 2.11. The van der Waals surface area contributed by atoms with Crippen molar-refractivity contribution in [1.29, 1.82) is 0 Å². The molecule has 7 heteroatoms. The Balaban J connectivity index is 1.49. The molecule has 1 aromatic carbocycles. The van der Waals surface area contributed by atoms with E-state index in [0.717, 1.165) is 22.4 Å². The van der Waals surface area contributed by atoms with E-state index in [9.17, 15) is 4.79 Å². The summed E-state index contributed by atoms with van der Waals surface area (Å²) in [6.45, 7) is 2.42. The van der Waals surface area contributed by atoms with Crippen molar-refractivity contribution in [2.75, 3.05) is 7.11 Å². The predicted molar refractivity (Wildman–Crippen MR) is 95.4 cm³/mol. The van der Waals surface area contributed by atoms with E-state index >= 15 is 0 Å². The molecular weight excluding hydrogens is 332 g/mol. The van der Waals surface area contributed by atoms with E-state index in [1.54, 1.807) is 25.6 Å². The fraction of sp³-hybridized carbons (Fsp3) is 0.263. The molecule has 1 N–H and O–H groups in total. The maximum absolute atomic E-state index is 12.0. The number of aromatic nitrogens is 3. The van der Waals surface area contributed by atoms with Gasteiger partial charge in [-0.1, -0.05) is 17.3 Å². The molecule has 0 aliphatic heterocycles. The molecule has 2 aromatic heterocycles. The Hall–Kier alpha value is -3.22. The molecule has 0 saturated heterocycles. The number of carbonyl (C=O) groups excluding carboxylic acids is 1. The highest BCUT2D eigenvalue weighted by molar-refractivity contribution is 5.76. The molecule has 3 rings (SSSR count). The third-order valence-electron chi connectivity index (χ3n) is 3.92. The summed E-state index contributed by atoms with van der Waals surface area (Å²) >= 11 is 0. The van der Waals surface area contributed by atoms with Gasteiger partial charge in [-0.25, -0.2) is 0 Å². The molecule has 0 radical (unpaired) electrons. The van der Waals surface area contributed by atoms with E-state index in [1.165, 1.54) is 0 Å². The molecule has 0 bridgehead atoms. The van der Waals surface area contributed by atoms with E-state index in [1.807, 2.05) is 31.2 Å². The molecule has 0 spiro atoms. The van der Waals surface area contributed by atoms with Crippen molar-refractivity contribution in [3.63, 3.8) is 0 Å². The summed E-state index contributed by atoms with van der Waals surface area (Å²) in [6, 6.07) is 9.52. The molecule has 7 nitrogen and oxygen atoms in total. The van der Waals surface area contributed by atoms with E-state index in [0.29, 0.717) is 24.7 Å². The van der Waals surface area contributed by atoms with E-state index in [2.05, 4.69) is 20.4 Å². The zero-order chi connectivity index (χ0) is 18.4. The second-order valence-corrected chi connectivity index (χ2v) is 5.83. The van der Waals surface area contributed by atoms with Crippen molar-refractivity contribution in [3.8, 4) is 17.1 Å². The van der Waals surface area contributed by atoms with Gasteiger partial charge in [0.25, 0.3) is 0 Å². The number of methoxy groups -OCH3 is 1. The number of pyridine rings is 1. The van der Waals surface area contributed by atoms with Crippen molar-refractivity contribution in [2.45, 2.75) is 26.3 Å². The Morgan fingerprint density at radius 3 is 2.96 bits per heavy atom. The molecule has 3 aromatic rings. The first kappa shape index (κ1) is 17.6. The first-order valence-electron chi connectivity index (χ1n) is 8.29. The maximum atomic E-state index is 12.0. The number of amides is 1. The minimum atomic E-state index is -0.0781. The fourth-order valence-electron chi connectivity index (χ4n) is 2.45. The zero-order valence-corrected chi connectivity index (χ0v) is 14.7. The monoisotopic (exact) mass is 352 g/mol. The number of hydrogen-bond acceptors (Lipinski definition) is 6. The predicted octanol–water partition coefficient (Wildman–Crippen LogP) is 2.70. The average Bonchev–Trinajstić information content (AvgIpc) is 3.15. The second kappa shape index (κ2) is 8.24. The number of aryl methyl sites for hydroxylation is 2. The van der Waals surface area contributed by atoms with Crippen LogP contribution in [0.3, 0.4) is 0 Å². The Morgan fingerprint density at radius 1 is 1.31 bits per heavy atom. The number of ether oxygens (including phenoxy) is 1. The van der Waals surface area contributed by atoms with Crippen LogP contribution >= 0.6 is 0 Å². The highest BCUT2D eigenvalue weighted by Crippen LogP contribution is 2.19. The lowest BCUT2D eigenvalue weighted by Crippen LogP contribution is -2.23. The maximum Gasteiger partial charge on any atom is 0.227 e. The second-order valence-electron chi connectivity index (χ2n) is 5.83. The Kier molecular flexibility index (Phi) is 5.58. The number of benzene rings is 1. The lowest BCUT2D eigenvalue weighted by molar-refractivity contribution is -0.121. The van der Waals surface area contributed by atoms with Crippen LogP contribution in [0.25, 0.3) is 11.4 Å². The van der Waals surface area contributed by atoms with Crippen LogP contribution in [-0.2, 0) is 17.8 Å². The fourth-order valence-corrected chi connectivity index (χ4v) is 2.45. The highest BCUT2D eigenvalue weighted by atomic mass is 16.5.